The molecule has 7 heteroatoms. The number of aryl methyl sites for hydroxylation is 2. The molecule has 0 aliphatic carbocycles. The molecule has 1 amide bonds. The van der Waals surface area contributed by atoms with Crippen molar-refractivity contribution in [3.8, 4) is 0 Å². The predicted octanol–water partition coefficient (Wildman–Crippen LogP) is 2.37. The minimum atomic E-state index is -0.702. The number of hydrogen-bond acceptors (Lipinski definition) is 5. The Bertz CT molecular complexity index is 710. The first-order valence-corrected chi connectivity index (χ1v) is 6.99. The van der Waals surface area contributed by atoms with Gasteiger partial charge in [0, 0.05) is 17.1 Å². The molecule has 5 nitrogen and oxygen atoms in total. The summed E-state index contributed by atoms with van der Waals surface area (Å²) in [5.41, 5.74) is 13.5. The molecule has 0 saturated carbocycles. The summed E-state index contributed by atoms with van der Waals surface area (Å²) in [5.74, 6) is -1.24. The van der Waals surface area contributed by atoms with Gasteiger partial charge < -0.3 is 11.5 Å². The summed E-state index contributed by atoms with van der Waals surface area (Å²) in [7, 11) is 0. The van der Waals surface area contributed by atoms with E-state index in [2.05, 4.69) is 9.97 Å². The highest BCUT2D eigenvalue weighted by molar-refractivity contribution is 7.99. The molecule has 0 fully saturated rings. The van der Waals surface area contributed by atoms with Crippen LogP contribution >= 0.6 is 11.8 Å². The summed E-state index contributed by atoms with van der Waals surface area (Å²) < 4.78 is 14.0. The molecule has 0 spiro atoms. The fraction of sp³-hybridized carbons (Fsp3) is 0.214. The molecule has 0 bridgehead atoms. The van der Waals surface area contributed by atoms with Crippen LogP contribution in [0.15, 0.2) is 22.2 Å². The number of primary amides is 1. The van der Waals surface area contributed by atoms with E-state index in [4.69, 9.17) is 11.5 Å². The summed E-state index contributed by atoms with van der Waals surface area (Å²) in [4.78, 5) is 20.1. The Kier molecular flexibility index (Phi) is 4.13. The van der Waals surface area contributed by atoms with E-state index >= 15 is 0 Å². The van der Waals surface area contributed by atoms with Gasteiger partial charge in [0.2, 0.25) is 0 Å². The molecule has 0 saturated heterocycles. The highest BCUT2D eigenvalue weighted by Gasteiger charge is 2.15. The Balaban J connectivity index is 2.44. The van der Waals surface area contributed by atoms with E-state index in [9.17, 15) is 9.18 Å². The van der Waals surface area contributed by atoms with Crippen LogP contribution in [-0.2, 0) is 0 Å². The van der Waals surface area contributed by atoms with E-state index in [0.717, 1.165) is 34.8 Å². The number of nitrogen functional groups attached to an aromatic ring is 1. The average molecular weight is 306 g/mol. The smallest absolute Gasteiger partial charge is 0.250 e. The highest BCUT2D eigenvalue weighted by Crippen LogP contribution is 2.31. The Morgan fingerprint density at radius 3 is 2.29 bits per heavy atom. The van der Waals surface area contributed by atoms with Gasteiger partial charge in [0.25, 0.3) is 5.91 Å². The zero-order valence-electron chi connectivity index (χ0n) is 11.9. The zero-order chi connectivity index (χ0) is 15.7. The Labute approximate surface area is 126 Å². The lowest BCUT2D eigenvalue weighted by atomic mass is 10.1. The van der Waals surface area contributed by atoms with Crippen molar-refractivity contribution >= 4 is 23.4 Å². The number of nitrogens with zero attached hydrogens (tertiary/aromatic N) is 2. The minimum Gasteiger partial charge on any atom is -0.398 e. The largest absolute Gasteiger partial charge is 0.398 e. The van der Waals surface area contributed by atoms with Crippen molar-refractivity contribution < 1.29 is 9.18 Å². The molecular weight excluding hydrogens is 291 g/mol. The van der Waals surface area contributed by atoms with E-state index in [0.29, 0.717) is 5.16 Å². The summed E-state index contributed by atoms with van der Waals surface area (Å²) >= 11 is 1.03. The number of anilines is 1. The van der Waals surface area contributed by atoms with Gasteiger partial charge in [-0.15, -0.1) is 0 Å². The van der Waals surface area contributed by atoms with Gasteiger partial charge in [-0.2, -0.15) is 0 Å². The maximum atomic E-state index is 14.0. The van der Waals surface area contributed by atoms with Crippen LogP contribution < -0.4 is 11.5 Å². The van der Waals surface area contributed by atoms with Crippen LogP contribution in [-0.4, -0.2) is 15.9 Å². The summed E-state index contributed by atoms with van der Waals surface area (Å²) in [6.07, 6.45) is 0. The van der Waals surface area contributed by atoms with E-state index in [1.54, 1.807) is 0 Å². The Hall–Kier alpha value is -2.15. The zero-order valence-corrected chi connectivity index (χ0v) is 12.7. The van der Waals surface area contributed by atoms with Crippen LogP contribution in [0.4, 0.5) is 10.1 Å². The van der Waals surface area contributed by atoms with Gasteiger partial charge in [-0.1, -0.05) is 0 Å². The number of nitrogens with two attached hydrogens (primary N) is 2. The molecule has 1 aromatic heterocycles. The molecule has 110 valence electrons. The van der Waals surface area contributed by atoms with E-state index < -0.39 is 11.7 Å². The maximum Gasteiger partial charge on any atom is 0.250 e. The minimum absolute atomic E-state index is 0.0153. The van der Waals surface area contributed by atoms with E-state index in [-0.39, 0.29) is 16.1 Å². The van der Waals surface area contributed by atoms with Gasteiger partial charge in [0.05, 0.1) is 10.5 Å². The SMILES string of the molecule is Cc1nc(Sc2cc(C(N)=O)c(N)cc2F)nc(C)c1C. The second kappa shape index (κ2) is 5.69. The molecule has 1 aromatic carbocycles. The van der Waals surface area contributed by atoms with Gasteiger partial charge in [0.15, 0.2) is 5.16 Å². The molecule has 4 N–H and O–H groups in total. The second-order valence-corrected chi connectivity index (χ2v) is 5.65. The van der Waals surface area contributed by atoms with Crippen molar-refractivity contribution in [1.82, 2.24) is 9.97 Å². The molecule has 0 aliphatic rings. The quantitative estimate of drug-likeness (QED) is 0.670. The molecule has 0 atom stereocenters. The lowest BCUT2D eigenvalue weighted by Crippen LogP contribution is -2.14. The van der Waals surface area contributed by atoms with Crippen LogP contribution in [0.1, 0.15) is 27.3 Å². The second-order valence-electron chi connectivity index (χ2n) is 4.64. The van der Waals surface area contributed by atoms with Crippen molar-refractivity contribution in [1.29, 1.82) is 0 Å². The van der Waals surface area contributed by atoms with Crippen LogP contribution in [0, 0.1) is 26.6 Å². The Morgan fingerprint density at radius 2 is 1.76 bits per heavy atom. The summed E-state index contributed by atoms with van der Waals surface area (Å²) in [6, 6.07) is 2.40. The van der Waals surface area contributed by atoms with Gasteiger partial charge in [-0.25, -0.2) is 14.4 Å². The van der Waals surface area contributed by atoms with Crippen molar-refractivity contribution in [2.45, 2.75) is 30.8 Å². The molecular formula is C14H15FN4OS. The first kappa shape index (κ1) is 15.2. The summed E-state index contributed by atoms with van der Waals surface area (Å²) in [6.45, 7) is 5.65. The number of aromatic nitrogens is 2. The highest BCUT2D eigenvalue weighted by atomic mass is 32.2. The third kappa shape index (κ3) is 3.13. The van der Waals surface area contributed by atoms with Crippen molar-refractivity contribution in [2.24, 2.45) is 5.73 Å². The van der Waals surface area contributed by atoms with Gasteiger partial charge in [-0.3, -0.25) is 4.79 Å². The summed E-state index contributed by atoms with van der Waals surface area (Å²) in [5, 5.41) is 0.412. The number of rotatable bonds is 3. The number of carbonyl (C=O) groups is 1. The molecule has 2 aromatic rings. The predicted molar refractivity (Wildman–Crippen MR) is 79.7 cm³/mol. The molecule has 1 heterocycles. The number of carbonyl (C=O) groups excluding carboxylic acids is 1. The van der Waals surface area contributed by atoms with Crippen LogP contribution in [0.5, 0.6) is 0 Å². The lowest BCUT2D eigenvalue weighted by molar-refractivity contribution is 0.100. The number of amides is 1. The number of hydrogen-bond donors (Lipinski definition) is 2. The number of benzene rings is 1. The van der Waals surface area contributed by atoms with Gasteiger partial charge in [-0.05, 0) is 50.2 Å². The van der Waals surface area contributed by atoms with Gasteiger partial charge in [0.1, 0.15) is 5.82 Å². The average Bonchev–Trinajstić information content (AvgIpc) is 2.38. The molecule has 21 heavy (non-hydrogen) atoms. The van der Waals surface area contributed by atoms with Crippen molar-refractivity contribution in [3.63, 3.8) is 0 Å². The first-order valence-electron chi connectivity index (χ1n) is 6.18. The van der Waals surface area contributed by atoms with Crippen LogP contribution in [0.2, 0.25) is 0 Å². The lowest BCUT2D eigenvalue weighted by Gasteiger charge is -2.09. The van der Waals surface area contributed by atoms with Crippen molar-refractivity contribution in [2.75, 3.05) is 5.73 Å². The van der Waals surface area contributed by atoms with Crippen molar-refractivity contribution in [3.05, 3.63) is 40.5 Å². The molecule has 0 radical (unpaired) electrons. The van der Waals surface area contributed by atoms with Gasteiger partial charge >= 0.3 is 0 Å². The van der Waals surface area contributed by atoms with E-state index in [1.165, 1.54) is 6.07 Å². The fourth-order valence-corrected chi connectivity index (χ4v) is 2.64. The maximum absolute atomic E-state index is 14.0. The third-order valence-electron chi connectivity index (χ3n) is 3.18. The normalized spacial score (nSPS) is 10.7. The fourth-order valence-electron chi connectivity index (χ4n) is 1.75. The molecule has 2 rings (SSSR count). The Morgan fingerprint density at radius 1 is 1.19 bits per heavy atom. The molecule has 0 unspecified atom stereocenters. The van der Waals surface area contributed by atoms with Crippen LogP contribution in [0.3, 0.4) is 0 Å². The number of halogens is 1. The monoisotopic (exact) mass is 306 g/mol. The topological polar surface area (TPSA) is 94.9 Å². The third-order valence-corrected chi connectivity index (χ3v) is 4.08. The standard InChI is InChI=1S/C14H15FN4OS/c1-6-7(2)18-14(19-8(6)3)21-12-4-9(13(17)20)11(16)5-10(12)15/h4-5H,16H2,1-3H3,(H2,17,20). The molecule has 0 aliphatic heterocycles. The van der Waals surface area contributed by atoms with E-state index in [1.807, 2.05) is 20.8 Å². The van der Waals surface area contributed by atoms with Crippen LogP contribution in [0.25, 0.3) is 0 Å². The first-order chi connectivity index (χ1) is 9.79.